The molecule has 0 fully saturated rings. The second-order valence-corrected chi connectivity index (χ2v) is 5.51. The van der Waals surface area contributed by atoms with Gasteiger partial charge < -0.3 is 14.3 Å². The number of hydrogen-bond acceptors (Lipinski definition) is 3. The van der Waals surface area contributed by atoms with Gasteiger partial charge in [-0.1, -0.05) is 0 Å². The lowest BCUT2D eigenvalue weighted by atomic mass is 9.93. The Morgan fingerprint density at radius 1 is 1.53 bits per heavy atom. The molecule has 0 amide bonds. The molecular formula is C15H21N3O. The minimum atomic E-state index is 0.415. The van der Waals surface area contributed by atoms with Gasteiger partial charge in [0.15, 0.2) is 0 Å². The van der Waals surface area contributed by atoms with Crippen molar-refractivity contribution in [2.24, 2.45) is 0 Å². The van der Waals surface area contributed by atoms with Crippen molar-refractivity contribution in [1.29, 1.82) is 0 Å². The number of rotatable bonds is 4. The fourth-order valence-corrected chi connectivity index (χ4v) is 2.86. The largest absolute Gasteiger partial charge is 0.469 e. The van der Waals surface area contributed by atoms with Crippen LogP contribution in [0.1, 0.15) is 55.8 Å². The molecule has 4 heteroatoms. The zero-order chi connectivity index (χ0) is 13.2. The molecular weight excluding hydrogens is 238 g/mol. The molecule has 19 heavy (non-hydrogen) atoms. The van der Waals surface area contributed by atoms with Gasteiger partial charge in [-0.3, -0.25) is 0 Å². The van der Waals surface area contributed by atoms with Gasteiger partial charge in [-0.2, -0.15) is 0 Å². The molecule has 3 rings (SSSR count). The van der Waals surface area contributed by atoms with Crippen LogP contribution in [0.15, 0.2) is 29.3 Å². The van der Waals surface area contributed by atoms with Gasteiger partial charge in [0.1, 0.15) is 5.76 Å². The Labute approximate surface area is 113 Å². The second-order valence-electron chi connectivity index (χ2n) is 5.51. The Morgan fingerprint density at radius 3 is 3.26 bits per heavy atom. The fraction of sp³-hybridized carbons (Fsp3) is 0.533. The lowest BCUT2D eigenvalue weighted by molar-refractivity contribution is 0.405. The predicted octanol–water partition coefficient (Wildman–Crippen LogP) is 3.22. The van der Waals surface area contributed by atoms with Crippen LogP contribution in [0, 0.1) is 0 Å². The maximum absolute atomic E-state index is 5.53. The molecule has 0 spiro atoms. The van der Waals surface area contributed by atoms with E-state index in [1.165, 1.54) is 24.1 Å². The van der Waals surface area contributed by atoms with E-state index in [1.54, 1.807) is 0 Å². The van der Waals surface area contributed by atoms with Crippen molar-refractivity contribution in [2.45, 2.75) is 51.7 Å². The first kappa shape index (κ1) is 12.5. The highest BCUT2D eigenvalue weighted by atomic mass is 16.3. The van der Waals surface area contributed by atoms with Crippen LogP contribution in [0.5, 0.6) is 0 Å². The van der Waals surface area contributed by atoms with E-state index in [-0.39, 0.29) is 0 Å². The van der Waals surface area contributed by atoms with Gasteiger partial charge in [0.25, 0.3) is 0 Å². The molecule has 2 aromatic rings. The van der Waals surface area contributed by atoms with Gasteiger partial charge in [0.2, 0.25) is 0 Å². The molecule has 2 aromatic heterocycles. The number of nitrogens with one attached hydrogen (secondary N) is 1. The average molecular weight is 259 g/mol. The van der Waals surface area contributed by atoms with Crippen LogP contribution in [-0.2, 0) is 13.0 Å². The highest BCUT2D eigenvalue weighted by molar-refractivity contribution is 5.24. The number of furan rings is 1. The molecule has 4 nitrogen and oxygen atoms in total. The van der Waals surface area contributed by atoms with E-state index in [9.17, 15) is 0 Å². The van der Waals surface area contributed by atoms with E-state index in [0.717, 1.165) is 18.7 Å². The van der Waals surface area contributed by atoms with Gasteiger partial charge in [0, 0.05) is 36.8 Å². The Balaban J connectivity index is 1.69. The first-order valence-corrected chi connectivity index (χ1v) is 7.06. The molecule has 1 N–H and O–H groups in total. The molecule has 2 heterocycles. The average Bonchev–Trinajstić information content (AvgIpc) is 3.04. The number of aryl methyl sites for hydroxylation is 1. The van der Waals surface area contributed by atoms with Crippen molar-refractivity contribution >= 4 is 0 Å². The molecule has 0 aromatic carbocycles. The summed E-state index contributed by atoms with van der Waals surface area (Å²) >= 11 is 0. The number of aromatic nitrogens is 2. The number of hydrogen-bond donors (Lipinski definition) is 1. The smallest absolute Gasteiger partial charge is 0.108 e. The van der Waals surface area contributed by atoms with E-state index in [1.807, 2.05) is 18.8 Å². The number of nitrogens with zero attached hydrogens (tertiary/aromatic N) is 2. The SMILES string of the molecule is CC(C)n1cncc1CNC1CCCc2occc21. The highest BCUT2D eigenvalue weighted by Crippen LogP contribution is 2.30. The van der Waals surface area contributed by atoms with Crippen LogP contribution in [0.3, 0.4) is 0 Å². The Morgan fingerprint density at radius 2 is 2.42 bits per heavy atom. The van der Waals surface area contributed by atoms with Crippen LogP contribution in [0.2, 0.25) is 0 Å². The van der Waals surface area contributed by atoms with Crippen molar-refractivity contribution in [1.82, 2.24) is 14.9 Å². The minimum absolute atomic E-state index is 0.415. The number of fused-ring (bicyclic) bond motifs is 1. The minimum Gasteiger partial charge on any atom is -0.469 e. The Kier molecular flexibility index (Phi) is 3.42. The van der Waals surface area contributed by atoms with E-state index in [2.05, 4.69) is 34.8 Å². The van der Waals surface area contributed by atoms with Crippen molar-refractivity contribution < 1.29 is 4.42 Å². The summed E-state index contributed by atoms with van der Waals surface area (Å²) in [5.74, 6) is 1.15. The number of imidazole rings is 1. The molecule has 1 atom stereocenters. The second kappa shape index (κ2) is 5.21. The molecule has 1 aliphatic rings. The van der Waals surface area contributed by atoms with Crippen molar-refractivity contribution in [3.8, 4) is 0 Å². The lowest BCUT2D eigenvalue weighted by Crippen LogP contribution is -2.25. The van der Waals surface area contributed by atoms with E-state index in [0.29, 0.717) is 12.1 Å². The van der Waals surface area contributed by atoms with Crippen molar-refractivity contribution in [3.63, 3.8) is 0 Å². The van der Waals surface area contributed by atoms with Crippen LogP contribution in [0.4, 0.5) is 0 Å². The van der Waals surface area contributed by atoms with Crippen LogP contribution >= 0.6 is 0 Å². The van der Waals surface area contributed by atoms with E-state index in [4.69, 9.17) is 4.42 Å². The maximum Gasteiger partial charge on any atom is 0.108 e. The molecule has 0 saturated heterocycles. The first-order valence-electron chi connectivity index (χ1n) is 7.06. The molecule has 1 unspecified atom stereocenters. The van der Waals surface area contributed by atoms with E-state index >= 15 is 0 Å². The van der Waals surface area contributed by atoms with Gasteiger partial charge in [-0.15, -0.1) is 0 Å². The summed E-state index contributed by atoms with van der Waals surface area (Å²) in [4.78, 5) is 4.25. The Bertz CT molecular complexity index is 541. The third-order valence-corrected chi connectivity index (χ3v) is 3.88. The third-order valence-electron chi connectivity index (χ3n) is 3.88. The monoisotopic (exact) mass is 259 g/mol. The van der Waals surface area contributed by atoms with Crippen LogP contribution < -0.4 is 5.32 Å². The molecule has 0 radical (unpaired) electrons. The van der Waals surface area contributed by atoms with Crippen LogP contribution in [-0.4, -0.2) is 9.55 Å². The fourth-order valence-electron chi connectivity index (χ4n) is 2.86. The van der Waals surface area contributed by atoms with Gasteiger partial charge in [-0.05, 0) is 32.8 Å². The summed E-state index contributed by atoms with van der Waals surface area (Å²) in [6.07, 6.45) is 9.12. The molecule has 1 aliphatic carbocycles. The quantitative estimate of drug-likeness (QED) is 0.916. The highest BCUT2D eigenvalue weighted by Gasteiger charge is 2.22. The van der Waals surface area contributed by atoms with Gasteiger partial charge in [-0.25, -0.2) is 4.98 Å². The van der Waals surface area contributed by atoms with Crippen LogP contribution in [0.25, 0.3) is 0 Å². The maximum atomic E-state index is 5.53. The molecule has 0 bridgehead atoms. The summed E-state index contributed by atoms with van der Waals surface area (Å²) in [5.41, 5.74) is 2.58. The molecule has 102 valence electrons. The zero-order valence-electron chi connectivity index (χ0n) is 11.6. The van der Waals surface area contributed by atoms with Gasteiger partial charge >= 0.3 is 0 Å². The summed E-state index contributed by atoms with van der Waals surface area (Å²) < 4.78 is 7.74. The summed E-state index contributed by atoms with van der Waals surface area (Å²) in [7, 11) is 0. The van der Waals surface area contributed by atoms with Gasteiger partial charge in [0.05, 0.1) is 18.3 Å². The predicted molar refractivity (Wildman–Crippen MR) is 73.8 cm³/mol. The van der Waals surface area contributed by atoms with Crippen molar-refractivity contribution in [3.05, 3.63) is 41.9 Å². The summed E-state index contributed by atoms with van der Waals surface area (Å²) in [5, 5.41) is 3.64. The third kappa shape index (κ3) is 2.45. The normalized spacial score (nSPS) is 18.8. The Hall–Kier alpha value is -1.55. The van der Waals surface area contributed by atoms with E-state index < -0.39 is 0 Å². The molecule has 0 aliphatic heterocycles. The summed E-state index contributed by atoms with van der Waals surface area (Å²) in [6.45, 7) is 5.22. The standard InChI is InChI=1S/C15H21N3O/c1-11(2)18-10-16-8-12(18)9-17-14-4-3-5-15-13(14)6-7-19-15/h6-8,10-11,14,17H,3-5,9H2,1-2H3. The first-order chi connectivity index (χ1) is 9.25. The topological polar surface area (TPSA) is 43.0 Å². The van der Waals surface area contributed by atoms with Crippen molar-refractivity contribution in [2.75, 3.05) is 0 Å². The zero-order valence-corrected chi connectivity index (χ0v) is 11.6. The summed E-state index contributed by atoms with van der Waals surface area (Å²) in [6, 6.07) is 2.97. The lowest BCUT2D eigenvalue weighted by Gasteiger charge is -2.23. The molecule has 0 saturated carbocycles.